The third-order valence-corrected chi connectivity index (χ3v) is 17.1. The Labute approximate surface area is 606 Å². The number of aliphatic carboxylic acids is 4. The smallest absolute Gasteiger partial charge is 0.329 e. The summed E-state index contributed by atoms with van der Waals surface area (Å²) >= 11 is 0. The average molecular weight is 1500 g/mol. The van der Waals surface area contributed by atoms with Crippen molar-refractivity contribution in [1.82, 2.24) is 68.5 Å². The number of carbonyl (C=O) groups is 16. The standard InChI is InChI=1S/C67H82N14O26/c1-4-9-46-56(107-46)66(103)77-44(27-82)61(98)80-53-30(3)106-67(104)43(20-33-25-70-38-13-8-6-11-36(33)38)76-62(99)52(29(2)18-48(86)87)79-65(102)55(45(84)28-105-68)78-47(85)26-71-57(94)40(21-49(88)89)75-64(101)54(31-14-16-34(83)17-15-31)81-60(97)42(23-51(92)93)73-59(96)41(22-50(90)91)72-58(95)39(74-63(53)100)19-32-24-69-37-12-7-5-10-35(32)37/h5-8,10-17,24-25,29-30,39-46,52-56,69-70,82-84H,4,9,18-23,26-28,68H2,1-3H3,(H,71,94)(H,72,95)(H,73,96)(H,74,100)(H,75,101)(H,76,99)(H,77,103)(H,78,85)(H,79,102)(H,80,98)(H,81,97)(H,86,87)(H,88,89)(H,90,91)(H,92,93). The van der Waals surface area contributed by atoms with E-state index in [1.165, 1.54) is 12.4 Å². The zero-order chi connectivity index (χ0) is 78.5. The van der Waals surface area contributed by atoms with E-state index in [0.29, 0.717) is 34.6 Å². The van der Waals surface area contributed by atoms with Gasteiger partial charge in [-0.25, -0.2) is 10.7 Å². The van der Waals surface area contributed by atoms with Crippen LogP contribution in [0.3, 0.4) is 0 Å². The molecule has 0 saturated carbocycles. The van der Waals surface area contributed by atoms with Gasteiger partial charge in [0.1, 0.15) is 78.4 Å². The summed E-state index contributed by atoms with van der Waals surface area (Å²) in [6, 6.07) is -4.52. The van der Waals surface area contributed by atoms with E-state index < -0.39 is 250 Å². The number of phenols is 1. The number of para-hydroxylation sites is 2. The molecule has 22 N–H and O–H groups in total. The second kappa shape index (κ2) is 38.0. The number of carboxylic acid groups (broad SMARTS) is 4. The SMILES string of the molecule is CCCC1OC1C(=O)NC(CO)C(=O)NC1C(=O)NC(Cc2c[nH]c3ccccc23)C(=O)NC(CC(=O)O)C(=O)NC(CC(=O)O)C(=O)NC(c2ccc(O)cc2)C(=O)NC(CC(=O)O)C(=O)NCC(=O)NC(C(O)CON)C(=O)NC(C(C)CC(=O)O)C(=O)NC(Cc2c[nH]c3ccccc23)C(=O)OC1C. The Kier molecular flexibility index (Phi) is 29.2. The first-order valence-corrected chi connectivity index (χ1v) is 33.3. The highest BCUT2D eigenvalue weighted by Gasteiger charge is 2.46. The predicted molar refractivity (Wildman–Crippen MR) is 364 cm³/mol. The van der Waals surface area contributed by atoms with Crippen LogP contribution >= 0.6 is 0 Å². The number of esters is 1. The van der Waals surface area contributed by atoms with Gasteiger partial charge < -0.3 is 119 Å². The van der Waals surface area contributed by atoms with Crippen molar-refractivity contribution in [1.29, 1.82) is 0 Å². The highest BCUT2D eigenvalue weighted by atomic mass is 16.6. The summed E-state index contributed by atoms with van der Waals surface area (Å²) < 4.78 is 11.4. The van der Waals surface area contributed by atoms with Crippen molar-refractivity contribution in [2.45, 2.75) is 157 Å². The van der Waals surface area contributed by atoms with Crippen molar-refractivity contribution in [3.05, 3.63) is 102 Å². The van der Waals surface area contributed by atoms with E-state index >= 15 is 14.4 Å². The summed E-state index contributed by atoms with van der Waals surface area (Å²) in [5, 5.41) is 97.4. The molecule has 5 aromatic rings. The summed E-state index contributed by atoms with van der Waals surface area (Å²) in [5.41, 5.74) is 1.20. The number of nitrogens with one attached hydrogen (secondary N) is 13. The van der Waals surface area contributed by atoms with Crippen LogP contribution in [-0.4, -0.2) is 239 Å². The number of aromatic hydroxyl groups is 1. The van der Waals surface area contributed by atoms with Crippen LogP contribution in [-0.2, 0) is 104 Å². The van der Waals surface area contributed by atoms with Crippen molar-refractivity contribution in [3.8, 4) is 5.75 Å². The number of aromatic amines is 2. The monoisotopic (exact) mass is 1500 g/mol. The molecule has 0 spiro atoms. The Morgan fingerprint density at radius 2 is 1.11 bits per heavy atom. The van der Waals surface area contributed by atoms with Crippen molar-refractivity contribution >= 4 is 117 Å². The highest BCUT2D eigenvalue weighted by molar-refractivity contribution is 6.02. The third-order valence-electron chi connectivity index (χ3n) is 17.1. The molecule has 2 aliphatic heterocycles. The number of ether oxygens (including phenoxy) is 2. The normalized spacial score (nSPS) is 24.4. The lowest BCUT2D eigenvalue weighted by molar-refractivity contribution is -0.156. The summed E-state index contributed by atoms with van der Waals surface area (Å²) in [6.07, 6.45) is -8.03. The zero-order valence-electron chi connectivity index (χ0n) is 57.5. The summed E-state index contributed by atoms with van der Waals surface area (Å²) in [4.78, 5) is 234. The minimum atomic E-state index is -2.34. The Morgan fingerprint density at radius 3 is 1.65 bits per heavy atom. The van der Waals surface area contributed by atoms with Crippen LogP contribution in [0.2, 0.25) is 0 Å². The number of aliphatic hydroxyl groups is 2. The number of carboxylic acids is 4. The molecule has 15 atom stereocenters. The fraction of sp³-hybridized carbons (Fsp3) is 0.433. The topological polar surface area (TPSA) is 636 Å². The van der Waals surface area contributed by atoms with E-state index in [1.54, 1.807) is 48.5 Å². The first-order valence-electron chi connectivity index (χ1n) is 33.3. The van der Waals surface area contributed by atoms with Gasteiger partial charge in [-0.05, 0) is 60.2 Å². The van der Waals surface area contributed by atoms with Crippen molar-refractivity contribution in [3.63, 3.8) is 0 Å². The van der Waals surface area contributed by atoms with Gasteiger partial charge >= 0.3 is 29.8 Å². The van der Waals surface area contributed by atoms with Crippen LogP contribution in [0, 0.1) is 5.92 Å². The molecular weight excluding hydrogens is 1420 g/mol. The molecule has 2 saturated heterocycles. The van der Waals surface area contributed by atoms with Gasteiger partial charge in [0, 0.05) is 47.0 Å². The summed E-state index contributed by atoms with van der Waals surface area (Å²) in [6.45, 7) is 0.660. The third kappa shape index (κ3) is 23.2. The number of benzene rings is 3. The fourth-order valence-electron chi connectivity index (χ4n) is 11.6. The number of cyclic esters (lactones) is 1. The number of phenolic OH excluding ortho intramolecular Hbond substituents is 1. The molecular formula is C67H82N14O26. The van der Waals surface area contributed by atoms with Crippen LogP contribution in [0.4, 0.5) is 0 Å². The number of hydrogen-bond donors (Lipinski definition) is 21. The summed E-state index contributed by atoms with van der Waals surface area (Å²) in [5.74, 6) is -20.5. The van der Waals surface area contributed by atoms with Crippen molar-refractivity contribution < 1.29 is 127 Å². The molecule has 0 bridgehead atoms. The molecule has 576 valence electrons. The molecule has 0 aliphatic carbocycles. The van der Waals surface area contributed by atoms with Gasteiger partial charge in [0.15, 0.2) is 6.10 Å². The fourth-order valence-corrected chi connectivity index (χ4v) is 11.6. The van der Waals surface area contributed by atoms with E-state index in [4.69, 9.17) is 15.4 Å². The maximum absolute atomic E-state index is 15.4. The molecule has 40 nitrogen and oxygen atoms in total. The molecule has 0 radical (unpaired) electrons. The number of aromatic nitrogens is 2. The van der Waals surface area contributed by atoms with Gasteiger partial charge in [-0.2, -0.15) is 0 Å². The Balaban J connectivity index is 1.37. The molecule has 4 heterocycles. The lowest BCUT2D eigenvalue weighted by Gasteiger charge is -2.31. The van der Waals surface area contributed by atoms with E-state index in [9.17, 15) is 98.1 Å². The number of hydrogen-bond acceptors (Lipinski definition) is 23. The highest BCUT2D eigenvalue weighted by Crippen LogP contribution is 2.28. The van der Waals surface area contributed by atoms with Gasteiger partial charge in [-0.15, -0.1) is 0 Å². The number of rotatable bonds is 24. The van der Waals surface area contributed by atoms with Gasteiger partial charge in [0.05, 0.1) is 51.5 Å². The lowest BCUT2D eigenvalue weighted by atomic mass is 9.95. The van der Waals surface area contributed by atoms with Crippen LogP contribution in [0.15, 0.2) is 85.2 Å². The maximum atomic E-state index is 15.4. The Hall–Kier alpha value is -12.1. The molecule has 2 aliphatic rings. The van der Waals surface area contributed by atoms with Gasteiger partial charge in [0.25, 0.3) is 5.91 Å². The molecule has 11 amide bonds. The quantitative estimate of drug-likeness (QED) is 0.0156. The van der Waals surface area contributed by atoms with E-state index in [2.05, 4.69) is 62.7 Å². The lowest BCUT2D eigenvalue weighted by Crippen LogP contribution is -2.63. The largest absolute Gasteiger partial charge is 0.508 e. The van der Waals surface area contributed by atoms with Crippen LogP contribution < -0.4 is 64.4 Å². The maximum Gasteiger partial charge on any atom is 0.329 e. The first-order chi connectivity index (χ1) is 50.8. The van der Waals surface area contributed by atoms with E-state index in [0.717, 1.165) is 38.1 Å². The number of epoxide rings is 1. The molecule has 107 heavy (non-hydrogen) atoms. The zero-order valence-corrected chi connectivity index (χ0v) is 57.5. The van der Waals surface area contributed by atoms with Crippen LogP contribution in [0.5, 0.6) is 5.75 Å². The minimum Gasteiger partial charge on any atom is -0.508 e. The second-order valence-corrected chi connectivity index (χ2v) is 25.2. The van der Waals surface area contributed by atoms with Gasteiger partial charge in [-0.1, -0.05) is 68.8 Å². The first kappa shape index (κ1) is 82.1. The predicted octanol–water partition coefficient (Wildman–Crippen LogP) is -5.23. The molecule has 7 rings (SSSR count). The van der Waals surface area contributed by atoms with Crippen LogP contribution in [0.1, 0.15) is 82.0 Å². The number of aliphatic hydroxyl groups excluding tert-OH is 2. The van der Waals surface area contributed by atoms with Gasteiger partial charge in [-0.3, -0.25) is 71.9 Å². The molecule has 2 fully saturated rings. The van der Waals surface area contributed by atoms with E-state index in [1.807, 2.05) is 17.6 Å². The molecule has 2 aromatic heterocycles. The molecule has 15 unspecified atom stereocenters. The average Bonchev–Trinajstić information content (AvgIpc) is 1.76. The number of carbonyl (C=O) groups excluding carboxylic acids is 12. The molecule has 3 aromatic carbocycles. The number of fused-ring (bicyclic) bond motifs is 2. The number of nitrogens with two attached hydrogens (primary N) is 1. The van der Waals surface area contributed by atoms with Crippen molar-refractivity contribution in [2.24, 2.45) is 11.8 Å². The van der Waals surface area contributed by atoms with Gasteiger partial charge in [0.2, 0.25) is 59.1 Å². The van der Waals surface area contributed by atoms with E-state index in [-0.39, 0.29) is 16.7 Å². The summed E-state index contributed by atoms with van der Waals surface area (Å²) in [7, 11) is 0. The minimum absolute atomic E-state index is 0.240. The van der Waals surface area contributed by atoms with Crippen LogP contribution in [0.25, 0.3) is 21.8 Å². The molecule has 40 heteroatoms. The Morgan fingerprint density at radius 1 is 0.607 bits per heavy atom. The number of H-pyrrole nitrogens is 2. The van der Waals surface area contributed by atoms with Crippen molar-refractivity contribution in [2.75, 3.05) is 19.8 Å². The Bertz CT molecular complexity index is 4150. The number of amides is 11. The second-order valence-electron chi connectivity index (χ2n) is 25.2.